The molecule has 2 unspecified atom stereocenters. The maximum absolute atomic E-state index is 13.1. The third kappa shape index (κ3) is 3.91. The monoisotopic (exact) mass is 401 g/mol. The highest BCUT2D eigenvalue weighted by atomic mass is 35.5. The molecular formula is C18H28ClN3O3S. The van der Waals surface area contributed by atoms with E-state index in [4.69, 9.17) is 0 Å². The van der Waals surface area contributed by atoms with Crippen molar-refractivity contribution in [3.8, 4) is 0 Å². The van der Waals surface area contributed by atoms with E-state index in [1.54, 1.807) is 33.5 Å². The average molecular weight is 402 g/mol. The minimum Gasteiger partial charge on any atom is -0.339 e. The van der Waals surface area contributed by atoms with Gasteiger partial charge in [-0.15, -0.1) is 12.4 Å². The number of benzene rings is 1. The van der Waals surface area contributed by atoms with E-state index in [0.717, 1.165) is 25.8 Å². The fraction of sp³-hybridized carbons (Fsp3) is 0.611. The molecule has 0 radical (unpaired) electrons. The van der Waals surface area contributed by atoms with Crippen LogP contribution < -0.4 is 5.32 Å². The molecule has 2 aliphatic heterocycles. The molecule has 0 saturated carbocycles. The van der Waals surface area contributed by atoms with Crippen molar-refractivity contribution in [2.45, 2.75) is 50.1 Å². The summed E-state index contributed by atoms with van der Waals surface area (Å²) in [6, 6.07) is 6.53. The lowest BCUT2D eigenvalue weighted by atomic mass is 10.1. The van der Waals surface area contributed by atoms with Gasteiger partial charge in [0.25, 0.3) is 5.91 Å². The van der Waals surface area contributed by atoms with Gasteiger partial charge in [0.1, 0.15) is 0 Å². The molecule has 26 heavy (non-hydrogen) atoms. The lowest BCUT2D eigenvalue weighted by molar-refractivity contribution is 0.0773. The van der Waals surface area contributed by atoms with Crippen molar-refractivity contribution >= 4 is 28.3 Å². The topological polar surface area (TPSA) is 69.7 Å². The first-order valence-corrected chi connectivity index (χ1v) is 10.6. The van der Waals surface area contributed by atoms with Crippen molar-refractivity contribution < 1.29 is 13.2 Å². The smallest absolute Gasteiger partial charge is 0.253 e. The molecule has 1 amide bonds. The summed E-state index contributed by atoms with van der Waals surface area (Å²) in [4.78, 5) is 14.4. The summed E-state index contributed by atoms with van der Waals surface area (Å²) >= 11 is 0. The maximum Gasteiger partial charge on any atom is 0.253 e. The largest absolute Gasteiger partial charge is 0.339 e. The molecule has 1 aromatic carbocycles. The van der Waals surface area contributed by atoms with Crippen LogP contribution in [-0.2, 0) is 10.0 Å². The van der Waals surface area contributed by atoms with Crippen LogP contribution >= 0.6 is 12.4 Å². The number of hydrogen-bond donors (Lipinski definition) is 1. The fourth-order valence-electron chi connectivity index (χ4n) is 3.92. The Hall–Kier alpha value is -1.15. The number of nitrogens with one attached hydrogen (secondary N) is 1. The van der Waals surface area contributed by atoms with Crippen LogP contribution in [-0.4, -0.2) is 61.8 Å². The summed E-state index contributed by atoms with van der Waals surface area (Å²) in [5, 5.41) is 3.33. The third-order valence-corrected chi connectivity index (χ3v) is 7.33. The molecule has 1 N–H and O–H groups in total. The Bertz CT molecular complexity index is 706. The Morgan fingerprint density at radius 1 is 1.12 bits per heavy atom. The van der Waals surface area contributed by atoms with Crippen LogP contribution in [0.3, 0.4) is 0 Å². The van der Waals surface area contributed by atoms with Gasteiger partial charge in [0, 0.05) is 37.3 Å². The predicted octanol–water partition coefficient (Wildman–Crippen LogP) is 2.11. The van der Waals surface area contributed by atoms with Gasteiger partial charge in [-0.3, -0.25) is 4.79 Å². The van der Waals surface area contributed by atoms with Gasteiger partial charge >= 0.3 is 0 Å². The van der Waals surface area contributed by atoms with Crippen molar-refractivity contribution in [2.75, 3.05) is 26.2 Å². The highest BCUT2D eigenvalue weighted by Crippen LogP contribution is 2.33. The van der Waals surface area contributed by atoms with Gasteiger partial charge < -0.3 is 10.2 Å². The number of carbonyl (C=O) groups excluding carboxylic acids is 1. The lowest BCUT2D eigenvalue weighted by Gasteiger charge is -2.27. The van der Waals surface area contributed by atoms with Gasteiger partial charge in [0.2, 0.25) is 10.0 Å². The maximum atomic E-state index is 13.1. The van der Waals surface area contributed by atoms with Crippen LogP contribution in [0, 0.1) is 0 Å². The van der Waals surface area contributed by atoms with E-state index in [-0.39, 0.29) is 35.3 Å². The molecule has 8 heteroatoms. The molecule has 0 spiro atoms. The van der Waals surface area contributed by atoms with E-state index in [1.807, 2.05) is 13.8 Å². The van der Waals surface area contributed by atoms with Crippen LogP contribution in [0.15, 0.2) is 29.2 Å². The second-order valence-corrected chi connectivity index (χ2v) is 8.56. The molecule has 2 atom stereocenters. The number of nitrogens with zero attached hydrogens (tertiary/aromatic N) is 2. The quantitative estimate of drug-likeness (QED) is 0.820. The Balaban J connectivity index is 0.00000243. The van der Waals surface area contributed by atoms with E-state index in [1.165, 1.54) is 0 Å². The highest BCUT2D eigenvalue weighted by molar-refractivity contribution is 7.89. The van der Waals surface area contributed by atoms with Gasteiger partial charge in [0.05, 0.1) is 4.90 Å². The van der Waals surface area contributed by atoms with E-state index in [0.29, 0.717) is 25.2 Å². The van der Waals surface area contributed by atoms with Gasteiger partial charge in [-0.25, -0.2) is 8.42 Å². The minimum atomic E-state index is -3.53. The lowest BCUT2D eigenvalue weighted by Crippen LogP contribution is -2.42. The molecule has 2 fully saturated rings. The van der Waals surface area contributed by atoms with E-state index >= 15 is 0 Å². The molecule has 146 valence electrons. The molecule has 0 aliphatic carbocycles. The Kier molecular flexibility index (Phi) is 7.07. The number of rotatable bonds is 5. The summed E-state index contributed by atoms with van der Waals surface area (Å²) < 4.78 is 28.0. The molecule has 6 nitrogen and oxygen atoms in total. The second kappa shape index (κ2) is 8.69. The van der Waals surface area contributed by atoms with Crippen molar-refractivity contribution in [1.29, 1.82) is 0 Å². The van der Waals surface area contributed by atoms with E-state index < -0.39 is 10.0 Å². The zero-order valence-electron chi connectivity index (χ0n) is 15.3. The number of hydrogen-bond acceptors (Lipinski definition) is 4. The standard InChI is InChI=1S/C18H27N3O3S.ClH/c1-3-20(4-2)18(22)14-5-9-17(10-6-14)25(23,24)21-15-7-8-16(21)13-19-12-11-15;/h5-6,9-10,15-16,19H,3-4,7-8,11-13H2,1-2H3;1H. The summed E-state index contributed by atoms with van der Waals surface area (Å²) in [7, 11) is -3.53. The van der Waals surface area contributed by atoms with Gasteiger partial charge in [0.15, 0.2) is 0 Å². The van der Waals surface area contributed by atoms with Crippen molar-refractivity contribution in [3.63, 3.8) is 0 Å². The second-order valence-electron chi connectivity index (χ2n) is 6.71. The fourth-order valence-corrected chi connectivity index (χ4v) is 5.81. The molecule has 2 aliphatic rings. The van der Waals surface area contributed by atoms with Crippen LogP contribution in [0.1, 0.15) is 43.5 Å². The minimum absolute atomic E-state index is 0. The summed E-state index contributed by atoms with van der Waals surface area (Å²) in [6.07, 6.45) is 2.70. The Morgan fingerprint density at radius 2 is 1.73 bits per heavy atom. The zero-order valence-corrected chi connectivity index (χ0v) is 17.0. The van der Waals surface area contributed by atoms with Crippen molar-refractivity contribution in [1.82, 2.24) is 14.5 Å². The zero-order chi connectivity index (χ0) is 18.0. The average Bonchev–Trinajstić information content (AvgIpc) is 2.89. The van der Waals surface area contributed by atoms with Crippen LogP contribution in [0.25, 0.3) is 0 Å². The first kappa shape index (κ1) is 21.2. The SMILES string of the molecule is CCN(CC)C(=O)c1ccc(S(=O)(=O)N2C3CCNCC2CC3)cc1.Cl. The number of halogens is 1. The van der Waals surface area contributed by atoms with Crippen molar-refractivity contribution in [2.24, 2.45) is 0 Å². The summed E-state index contributed by atoms with van der Waals surface area (Å²) in [6.45, 7) is 6.73. The summed E-state index contributed by atoms with van der Waals surface area (Å²) in [5.41, 5.74) is 0.531. The predicted molar refractivity (Wildman–Crippen MR) is 104 cm³/mol. The molecule has 3 rings (SSSR count). The van der Waals surface area contributed by atoms with E-state index in [9.17, 15) is 13.2 Å². The van der Waals surface area contributed by atoms with Gasteiger partial charge in [-0.05, 0) is 63.9 Å². The molecule has 1 aromatic rings. The number of sulfonamides is 1. The Labute approximate surface area is 162 Å². The van der Waals surface area contributed by atoms with Crippen LogP contribution in [0.2, 0.25) is 0 Å². The van der Waals surface area contributed by atoms with Crippen LogP contribution in [0.4, 0.5) is 0 Å². The van der Waals surface area contributed by atoms with Crippen LogP contribution in [0.5, 0.6) is 0 Å². The molecule has 2 saturated heterocycles. The third-order valence-electron chi connectivity index (χ3n) is 5.31. The first-order valence-electron chi connectivity index (χ1n) is 9.12. The van der Waals surface area contributed by atoms with Gasteiger partial charge in [-0.1, -0.05) is 0 Å². The number of amides is 1. The number of fused-ring (bicyclic) bond motifs is 2. The molecule has 2 bridgehead atoms. The Morgan fingerprint density at radius 3 is 2.35 bits per heavy atom. The normalized spacial score (nSPS) is 23.2. The molecular weight excluding hydrogens is 374 g/mol. The molecule has 2 heterocycles. The number of carbonyl (C=O) groups is 1. The summed E-state index contributed by atoms with van der Waals surface area (Å²) in [5.74, 6) is -0.0620. The first-order chi connectivity index (χ1) is 12.0. The van der Waals surface area contributed by atoms with Crippen molar-refractivity contribution in [3.05, 3.63) is 29.8 Å². The molecule has 0 aromatic heterocycles. The van der Waals surface area contributed by atoms with E-state index in [2.05, 4.69) is 5.32 Å². The highest BCUT2D eigenvalue weighted by Gasteiger charge is 2.42. The van der Waals surface area contributed by atoms with Gasteiger partial charge in [-0.2, -0.15) is 4.31 Å².